The number of nitrogens with one attached hydrogen (secondary N) is 1. The topological polar surface area (TPSA) is 67.3 Å². The van der Waals surface area contributed by atoms with Crippen molar-refractivity contribution in [1.29, 1.82) is 0 Å². The lowest BCUT2D eigenvalue weighted by atomic mass is 10.1. The number of rotatable bonds is 2. The summed E-state index contributed by atoms with van der Waals surface area (Å²) in [6.45, 7) is 4.39. The van der Waals surface area contributed by atoms with Crippen LogP contribution in [0.5, 0.6) is 0 Å². The van der Waals surface area contributed by atoms with Crippen LogP contribution in [0.4, 0.5) is 0 Å². The number of ether oxygens (including phenoxy) is 1. The van der Waals surface area contributed by atoms with Gasteiger partial charge in [-0.25, -0.2) is 4.79 Å². The van der Waals surface area contributed by atoms with E-state index in [2.05, 4.69) is 9.88 Å². The van der Waals surface area contributed by atoms with E-state index in [9.17, 15) is 9.59 Å². The van der Waals surface area contributed by atoms with Gasteiger partial charge in [0.25, 0.3) is 5.56 Å². The molecule has 0 saturated carbocycles. The van der Waals surface area contributed by atoms with Crippen molar-refractivity contribution in [2.75, 3.05) is 25.4 Å². The van der Waals surface area contributed by atoms with Crippen molar-refractivity contribution >= 4 is 34.3 Å². The van der Waals surface area contributed by atoms with Crippen LogP contribution in [-0.2, 0) is 4.74 Å². The van der Waals surface area contributed by atoms with Gasteiger partial charge in [0.2, 0.25) is 0 Å². The number of halogens is 1. The summed E-state index contributed by atoms with van der Waals surface area (Å²) in [6, 6.07) is 2.25. The number of likely N-dealkylation sites (tertiary alicyclic amines) is 1. The van der Waals surface area contributed by atoms with Crippen LogP contribution < -0.4 is 11.2 Å². The number of thioether (sulfide) groups is 1. The molecule has 1 N–H and O–H groups in total. The largest absolute Gasteiger partial charge is 0.375 e. The van der Waals surface area contributed by atoms with Crippen LogP contribution in [0.25, 0.3) is 10.9 Å². The average Bonchev–Trinajstić information content (AvgIpc) is 3.19. The van der Waals surface area contributed by atoms with E-state index in [0.717, 1.165) is 42.3 Å². The number of nitrogens with zero attached hydrogens (tertiary/aromatic N) is 2. The SMILES string of the molecule is Cc1cc2c(=O)[nH]c(=O)n3c2c(c1Cl)SC[C@@H]3CN1C[C@@H]2C[C@H]1CO2. The second kappa shape index (κ2) is 5.61. The maximum absolute atomic E-state index is 12.6. The van der Waals surface area contributed by atoms with Gasteiger partial charge in [-0.3, -0.25) is 19.2 Å². The van der Waals surface area contributed by atoms with Crippen molar-refractivity contribution in [3.05, 3.63) is 37.5 Å². The summed E-state index contributed by atoms with van der Waals surface area (Å²) in [5, 5.41) is 1.18. The Morgan fingerprint density at radius 3 is 3.00 bits per heavy atom. The Bertz CT molecular complexity index is 1000. The predicted molar refractivity (Wildman–Crippen MR) is 98.1 cm³/mol. The van der Waals surface area contributed by atoms with Gasteiger partial charge in [0.15, 0.2) is 0 Å². The van der Waals surface area contributed by atoms with Gasteiger partial charge < -0.3 is 4.74 Å². The molecule has 0 amide bonds. The van der Waals surface area contributed by atoms with Gasteiger partial charge in [-0.15, -0.1) is 11.8 Å². The predicted octanol–water partition coefficient (Wildman–Crippen LogP) is 1.77. The molecule has 2 bridgehead atoms. The summed E-state index contributed by atoms with van der Waals surface area (Å²) in [6.07, 6.45) is 1.41. The van der Waals surface area contributed by atoms with Crippen LogP contribution >= 0.6 is 23.4 Å². The lowest BCUT2D eigenvalue weighted by molar-refractivity contribution is 0.0261. The maximum atomic E-state index is 12.6. The van der Waals surface area contributed by atoms with Crippen molar-refractivity contribution < 1.29 is 4.74 Å². The molecule has 5 rings (SSSR count). The van der Waals surface area contributed by atoms with E-state index >= 15 is 0 Å². The highest BCUT2D eigenvalue weighted by Gasteiger charge is 2.40. The van der Waals surface area contributed by atoms with Crippen LogP contribution in [-0.4, -0.2) is 52.0 Å². The van der Waals surface area contributed by atoms with Gasteiger partial charge in [0, 0.05) is 24.9 Å². The Morgan fingerprint density at radius 2 is 2.28 bits per heavy atom. The number of aromatic amines is 1. The Hall–Kier alpha value is -1.28. The average molecular weight is 380 g/mol. The van der Waals surface area contributed by atoms with E-state index in [1.807, 2.05) is 6.92 Å². The Kier molecular flexibility index (Phi) is 3.57. The van der Waals surface area contributed by atoms with Crippen molar-refractivity contribution in [3.8, 4) is 0 Å². The fourth-order valence-corrected chi connectivity index (χ4v) is 5.89. The van der Waals surface area contributed by atoms with Gasteiger partial charge in [-0.1, -0.05) is 11.6 Å². The standard InChI is InChI=1S/C17H18ClN3O3S/c1-8-2-12-14-15(13(8)18)25-7-10(21(14)17(23)19-16(12)22)4-20-5-11-3-9(20)6-24-11/h2,9-11H,3-7H2,1H3,(H,19,22,23)/t9-,10-,11-/m0/s1. The second-order valence-electron chi connectivity index (χ2n) is 7.13. The van der Waals surface area contributed by atoms with Gasteiger partial charge in [0.05, 0.1) is 39.6 Å². The molecule has 1 aromatic carbocycles. The van der Waals surface area contributed by atoms with Crippen LogP contribution in [0, 0.1) is 6.92 Å². The molecule has 25 heavy (non-hydrogen) atoms. The number of fused-ring (bicyclic) bond motifs is 2. The highest BCUT2D eigenvalue weighted by molar-refractivity contribution is 7.99. The summed E-state index contributed by atoms with van der Waals surface area (Å²) in [4.78, 5) is 30.7. The van der Waals surface area contributed by atoms with Crippen molar-refractivity contribution in [1.82, 2.24) is 14.5 Å². The van der Waals surface area contributed by atoms with E-state index < -0.39 is 0 Å². The fraction of sp³-hybridized carbons (Fsp3) is 0.529. The number of hydrogen-bond acceptors (Lipinski definition) is 5. The minimum Gasteiger partial charge on any atom is -0.375 e. The highest BCUT2D eigenvalue weighted by Crippen LogP contribution is 2.42. The first-order valence-corrected chi connectivity index (χ1v) is 9.85. The molecule has 132 valence electrons. The number of aryl methyl sites for hydroxylation is 1. The third-order valence-corrected chi connectivity index (χ3v) is 7.38. The molecule has 8 heteroatoms. The fourth-order valence-electron chi connectivity index (χ4n) is 4.33. The Labute approximate surface area is 153 Å². The van der Waals surface area contributed by atoms with Gasteiger partial charge in [-0.2, -0.15) is 0 Å². The summed E-state index contributed by atoms with van der Waals surface area (Å²) in [7, 11) is 0. The molecule has 0 unspecified atom stereocenters. The zero-order valence-corrected chi connectivity index (χ0v) is 15.3. The zero-order chi connectivity index (χ0) is 17.3. The van der Waals surface area contributed by atoms with Crippen LogP contribution in [0.2, 0.25) is 5.02 Å². The summed E-state index contributed by atoms with van der Waals surface area (Å²) >= 11 is 8.13. The second-order valence-corrected chi connectivity index (χ2v) is 8.53. The molecule has 0 aliphatic carbocycles. The van der Waals surface area contributed by atoms with Crippen LogP contribution in [0.3, 0.4) is 0 Å². The van der Waals surface area contributed by atoms with E-state index in [4.69, 9.17) is 16.3 Å². The molecule has 6 nitrogen and oxygen atoms in total. The zero-order valence-electron chi connectivity index (χ0n) is 13.8. The number of aromatic nitrogens is 2. The minimum atomic E-state index is -0.343. The summed E-state index contributed by atoms with van der Waals surface area (Å²) < 4.78 is 7.42. The van der Waals surface area contributed by atoms with Crippen molar-refractivity contribution in [3.63, 3.8) is 0 Å². The molecule has 3 aliphatic rings. The molecule has 4 heterocycles. The molecule has 3 atom stereocenters. The minimum absolute atomic E-state index is 0.0162. The molecule has 2 saturated heterocycles. The van der Waals surface area contributed by atoms with E-state index in [1.54, 1.807) is 22.4 Å². The molecule has 3 aliphatic heterocycles. The van der Waals surface area contributed by atoms with Crippen molar-refractivity contribution in [2.45, 2.75) is 36.4 Å². The van der Waals surface area contributed by atoms with Crippen LogP contribution in [0.1, 0.15) is 18.0 Å². The smallest absolute Gasteiger partial charge is 0.329 e. The monoisotopic (exact) mass is 379 g/mol. The lowest BCUT2D eigenvalue weighted by Crippen LogP contribution is -2.44. The van der Waals surface area contributed by atoms with E-state index in [-0.39, 0.29) is 17.3 Å². The normalized spacial score (nSPS) is 28.2. The number of morpholine rings is 1. The van der Waals surface area contributed by atoms with Crippen molar-refractivity contribution in [2.24, 2.45) is 0 Å². The van der Waals surface area contributed by atoms with E-state index in [0.29, 0.717) is 28.1 Å². The molecule has 2 aromatic rings. The quantitative estimate of drug-likeness (QED) is 0.861. The summed E-state index contributed by atoms with van der Waals surface area (Å²) in [5.74, 6) is 0.770. The molecule has 2 fully saturated rings. The number of H-pyrrole nitrogens is 1. The molecular formula is C17H18ClN3O3S. The first kappa shape index (κ1) is 15.9. The summed E-state index contributed by atoms with van der Waals surface area (Å²) in [5.41, 5.74) is 0.864. The first-order chi connectivity index (χ1) is 12.0. The highest BCUT2D eigenvalue weighted by atomic mass is 35.5. The first-order valence-electron chi connectivity index (χ1n) is 8.49. The molecule has 0 spiro atoms. The molecular weight excluding hydrogens is 362 g/mol. The van der Waals surface area contributed by atoms with Gasteiger partial charge >= 0.3 is 5.69 Å². The van der Waals surface area contributed by atoms with Crippen LogP contribution in [0.15, 0.2) is 20.6 Å². The lowest BCUT2D eigenvalue weighted by Gasteiger charge is -2.34. The van der Waals surface area contributed by atoms with Gasteiger partial charge in [-0.05, 0) is 25.0 Å². The number of benzene rings is 1. The maximum Gasteiger partial charge on any atom is 0.329 e. The van der Waals surface area contributed by atoms with Gasteiger partial charge in [0.1, 0.15) is 0 Å². The molecule has 1 aromatic heterocycles. The third-order valence-electron chi connectivity index (χ3n) is 5.55. The molecule has 0 radical (unpaired) electrons. The number of hydrogen-bond donors (Lipinski definition) is 1. The Morgan fingerprint density at radius 1 is 1.44 bits per heavy atom. The Balaban J connectivity index is 1.65. The van der Waals surface area contributed by atoms with E-state index in [1.165, 1.54) is 0 Å². The third kappa shape index (κ3) is 2.33.